The average molecular weight is 168 g/mol. The Hall–Kier alpha value is -0.570. The highest BCUT2D eigenvalue weighted by molar-refractivity contribution is 5.77. The first kappa shape index (κ1) is 8.05. The first-order chi connectivity index (χ1) is 5.81. The van der Waals surface area contributed by atoms with Gasteiger partial charge in [0, 0.05) is 31.6 Å². The van der Waals surface area contributed by atoms with Crippen molar-refractivity contribution in [2.75, 3.05) is 13.1 Å². The van der Waals surface area contributed by atoms with Crippen molar-refractivity contribution < 1.29 is 4.79 Å². The van der Waals surface area contributed by atoms with E-state index in [9.17, 15) is 4.79 Å². The highest BCUT2D eigenvalue weighted by atomic mass is 16.2. The fourth-order valence-electron chi connectivity index (χ4n) is 2.22. The first-order valence-corrected chi connectivity index (χ1v) is 4.84. The molecule has 2 atom stereocenters. The molecule has 3 heteroatoms. The summed E-state index contributed by atoms with van der Waals surface area (Å²) in [4.78, 5) is 13.6. The summed E-state index contributed by atoms with van der Waals surface area (Å²) < 4.78 is 0. The number of carbonyl (C=O) groups is 1. The van der Waals surface area contributed by atoms with Gasteiger partial charge in [-0.2, -0.15) is 0 Å². The molecule has 3 nitrogen and oxygen atoms in total. The number of carbonyl (C=O) groups excluding carboxylic acids is 1. The molecule has 2 bridgehead atoms. The van der Waals surface area contributed by atoms with E-state index in [1.807, 2.05) is 0 Å². The van der Waals surface area contributed by atoms with Crippen LogP contribution in [-0.4, -0.2) is 36.0 Å². The molecule has 1 N–H and O–H groups in total. The molecule has 12 heavy (non-hydrogen) atoms. The van der Waals surface area contributed by atoms with Gasteiger partial charge in [0.25, 0.3) is 0 Å². The number of piperazine rings is 1. The van der Waals surface area contributed by atoms with Crippen molar-refractivity contribution in [3.8, 4) is 0 Å². The molecular weight excluding hydrogens is 152 g/mol. The van der Waals surface area contributed by atoms with Crippen LogP contribution in [0.3, 0.4) is 0 Å². The number of hydrogen-bond donors (Lipinski definition) is 1. The maximum absolute atomic E-state index is 11.5. The third kappa shape index (κ3) is 1.22. The molecule has 2 heterocycles. The van der Waals surface area contributed by atoms with Gasteiger partial charge in [0.1, 0.15) is 0 Å². The lowest BCUT2D eigenvalue weighted by Gasteiger charge is -2.27. The van der Waals surface area contributed by atoms with E-state index in [1.165, 1.54) is 6.42 Å². The molecule has 0 aliphatic carbocycles. The molecule has 0 radical (unpaired) electrons. The lowest BCUT2D eigenvalue weighted by atomic mass is 10.2. The minimum atomic E-state index is 0.353. The van der Waals surface area contributed by atoms with Crippen LogP contribution in [0.2, 0.25) is 0 Å². The summed E-state index contributed by atoms with van der Waals surface area (Å²) in [6.07, 6.45) is 2.87. The van der Waals surface area contributed by atoms with E-state index in [4.69, 9.17) is 0 Å². The Morgan fingerprint density at radius 1 is 1.67 bits per heavy atom. The Labute approximate surface area is 73.1 Å². The van der Waals surface area contributed by atoms with Crippen molar-refractivity contribution in [2.45, 2.75) is 38.3 Å². The van der Waals surface area contributed by atoms with Crippen LogP contribution in [0.4, 0.5) is 0 Å². The fraction of sp³-hybridized carbons (Fsp3) is 0.889. The molecule has 2 unspecified atom stereocenters. The van der Waals surface area contributed by atoms with E-state index < -0.39 is 0 Å². The van der Waals surface area contributed by atoms with Gasteiger partial charge < -0.3 is 10.2 Å². The van der Waals surface area contributed by atoms with Crippen LogP contribution >= 0.6 is 0 Å². The van der Waals surface area contributed by atoms with Crippen molar-refractivity contribution in [2.24, 2.45) is 0 Å². The van der Waals surface area contributed by atoms with Gasteiger partial charge in [0.05, 0.1) is 0 Å². The maximum Gasteiger partial charge on any atom is 0.222 e. The van der Waals surface area contributed by atoms with Gasteiger partial charge in [-0.05, 0) is 12.8 Å². The summed E-state index contributed by atoms with van der Waals surface area (Å²) in [5, 5.41) is 3.39. The highest BCUT2D eigenvalue weighted by Crippen LogP contribution is 2.23. The van der Waals surface area contributed by atoms with Gasteiger partial charge >= 0.3 is 0 Å². The molecule has 0 aromatic carbocycles. The summed E-state index contributed by atoms with van der Waals surface area (Å²) in [7, 11) is 0. The Balaban J connectivity index is 1.93. The van der Waals surface area contributed by atoms with Gasteiger partial charge in [0.15, 0.2) is 0 Å². The van der Waals surface area contributed by atoms with Crippen molar-refractivity contribution in [1.82, 2.24) is 10.2 Å². The number of nitrogens with zero attached hydrogens (tertiary/aromatic N) is 1. The van der Waals surface area contributed by atoms with E-state index in [0.29, 0.717) is 18.0 Å². The molecule has 1 amide bonds. The van der Waals surface area contributed by atoms with Crippen LogP contribution in [0.15, 0.2) is 0 Å². The SMILES string of the molecule is CCCC(=O)N1CC2CC1CN2. The predicted octanol–water partition coefficient (Wildman–Crippen LogP) is 0.359. The Kier molecular flexibility index (Phi) is 2.05. The van der Waals surface area contributed by atoms with Crippen LogP contribution < -0.4 is 5.32 Å². The van der Waals surface area contributed by atoms with Crippen molar-refractivity contribution >= 4 is 5.91 Å². The predicted molar refractivity (Wildman–Crippen MR) is 46.8 cm³/mol. The first-order valence-electron chi connectivity index (χ1n) is 4.84. The lowest BCUT2D eigenvalue weighted by molar-refractivity contribution is -0.132. The Morgan fingerprint density at radius 2 is 2.50 bits per heavy atom. The zero-order valence-corrected chi connectivity index (χ0v) is 7.55. The minimum absolute atomic E-state index is 0.353. The average Bonchev–Trinajstić information content (AvgIpc) is 2.64. The summed E-state index contributed by atoms with van der Waals surface area (Å²) in [6, 6.07) is 1.10. The smallest absolute Gasteiger partial charge is 0.222 e. The lowest BCUT2D eigenvalue weighted by Crippen LogP contribution is -2.46. The van der Waals surface area contributed by atoms with Crippen LogP contribution in [0.1, 0.15) is 26.2 Å². The van der Waals surface area contributed by atoms with Crippen LogP contribution in [0, 0.1) is 0 Å². The maximum atomic E-state index is 11.5. The quantitative estimate of drug-likeness (QED) is 0.645. The molecule has 2 aliphatic heterocycles. The van der Waals surface area contributed by atoms with Crippen molar-refractivity contribution in [3.63, 3.8) is 0 Å². The molecule has 2 saturated heterocycles. The zero-order valence-electron chi connectivity index (χ0n) is 7.55. The summed E-state index contributed by atoms with van der Waals surface area (Å²) in [6.45, 7) is 4.02. The Morgan fingerprint density at radius 3 is 3.00 bits per heavy atom. The van der Waals surface area contributed by atoms with E-state index in [0.717, 1.165) is 25.9 Å². The van der Waals surface area contributed by atoms with Gasteiger partial charge in [-0.25, -0.2) is 0 Å². The molecule has 0 spiro atoms. The third-order valence-electron chi connectivity index (χ3n) is 2.84. The van der Waals surface area contributed by atoms with Crippen LogP contribution in [0.25, 0.3) is 0 Å². The van der Waals surface area contributed by atoms with Crippen LogP contribution in [0.5, 0.6) is 0 Å². The second-order valence-corrected chi connectivity index (χ2v) is 3.79. The number of rotatable bonds is 2. The normalized spacial score (nSPS) is 32.9. The highest BCUT2D eigenvalue weighted by Gasteiger charge is 2.39. The largest absolute Gasteiger partial charge is 0.337 e. The standard InChI is InChI=1S/C9H16N2O/c1-2-3-9(12)11-6-7-4-8(11)5-10-7/h7-8,10H,2-6H2,1H3. The third-order valence-corrected chi connectivity index (χ3v) is 2.84. The number of amides is 1. The van der Waals surface area contributed by atoms with E-state index in [1.54, 1.807) is 0 Å². The molecule has 0 aromatic heterocycles. The van der Waals surface area contributed by atoms with Gasteiger partial charge in [-0.3, -0.25) is 4.79 Å². The van der Waals surface area contributed by atoms with E-state index in [2.05, 4.69) is 17.1 Å². The van der Waals surface area contributed by atoms with Gasteiger partial charge in [0.2, 0.25) is 5.91 Å². The molecular formula is C9H16N2O. The second kappa shape index (κ2) is 3.05. The van der Waals surface area contributed by atoms with Gasteiger partial charge in [-0.15, -0.1) is 0 Å². The summed E-state index contributed by atoms with van der Waals surface area (Å²) >= 11 is 0. The number of hydrogen-bond acceptors (Lipinski definition) is 2. The fourth-order valence-corrected chi connectivity index (χ4v) is 2.22. The molecule has 2 rings (SSSR count). The second-order valence-electron chi connectivity index (χ2n) is 3.79. The van der Waals surface area contributed by atoms with E-state index >= 15 is 0 Å². The minimum Gasteiger partial charge on any atom is -0.337 e. The topological polar surface area (TPSA) is 32.3 Å². The molecule has 0 aromatic rings. The Bertz CT molecular complexity index is 193. The molecule has 0 saturated carbocycles. The number of nitrogens with one attached hydrogen (secondary N) is 1. The zero-order chi connectivity index (χ0) is 8.55. The summed E-state index contributed by atoms with van der Waals surface area (Å²) in [5.74, 6) is 0.353. The molecule has 2 aliphatic rings. The van der Waals surface area contributed by atoms with Crippen molar-refractivity contribution in [3.05, 3.63) is 0 Å². The van der Waals surface area contributed by atoms with Crippen molar-refractivity contribution in [1.29, 1.82) is 0 Å². The molecule has 2 fully saturated rings. The monoisotopic (exact) mass is 168 g/mol. The van der Waals surface area contributed by atoms with Gasteiger partial charge in [-0.1, -0.05) is 6.92 Å². The van der Waals surface area contributed by atoms with E-state index in [-0.39, 0.29) is 0 Å². The molecule has 68 valence electrons. The van der Waals surface area contributed by atoms with Crippen LogP contribution in [-0.2, 0) is 4.79 Å². The number of likely N-dealkylation sites (tertiary alicyclic amines) is 1. The number of fused-ring (bicyclic) bond motifs is 2. The summed E-state index contributed by atoms with van der Waals surface area (Å²) in [5.41, 5.74) is 0.